The maximum absolute atomic E-state index is 12.9. The molecule has 2 amide bonds. The summed E-state index contributed by atoms with van der Waals surface area (Å²) in [5.41, 5.74) is 8.92. The van der Waals surface area contributed by atoms with E-state index in [1.807, 2.05) is 31.2 Å². The van der Waals surface area contributed by atoms with Crippen molar-refractivity contribution in [1.82, 2.24) is 15.3 Å². The zero-order valence-electron chi connectivity index (χ0n) is 20.1. The molecule has 2 aromatic carbocycles. The van der Waals surface area contributed by atoms with Crippen LogP contribution in [-0.2, 0) is 6.42 Å². The summed E-state index contributed by atoms with van der Waals surface area (Å²) in [7, 11) is 1.48. The average Bonchev–Trinajstić information content (AvgIpc) is 2.87. The van der Waals surface area contributed by atoms with Crippen LogP contribution in [0.25, 0.3) is 11.0 Å². The summed E-state index contributed by atoms with van der Waals surface area (Å²) < 4.78 is 5.07. The van der Waals surface area contributed by atoms with Gasteiger partial charge >= 0.3 is 0 Å². The number of nitrogen functional groups attached to an aromatic ring is 1. The molecule has 2 aromatic heterocycles. The number of ether oxygens (including phenoxy) is 1. The van der Waals surface area contributed by atoms with Crippen molar-refractivity contribution in [2.45, 2.75) is 19.8 Å². The number of amides is 2. The van der Waals surface area contributed by atoms with Crippen LogP contribution in [0.15, 0.2) is 65.5 Å². The average molecular weight is 486 g/mol. The number of aryl methyl sites for hydroxylation is 2. The lowest BCUT2D eigenvalue weighted by molar-refractivity contribution is 0.0951. The number of nitrogens with two attached hydrogens (primary N) is 1. The van der Waals surface area contributed by atoms with Crippen LogP contribution in [0.4, 0.5) is 11.4 Å². The number of carbonyl (C=O) groups is 2. The predicted octanol–water partition coefficient (Wildman–Crippen LogP) is 3.44. The second-order valence-electron chi connectivity index (χ2n) is 8.39. The molecule has 0 aliphatic heterocycles. The van der Waals surface area contributed by atoms with Crippen LogP contribution >= 0.6 is 0 Å². The first-order valence-corrected chi connectivity index (χ1v) is 11.5. The van der Waals surface area contributed by atoms with E-state index in [1.165, 1.54) is 13.2 Å². The summed E-state index contributed by atoms with van der Waals surface area (Å²) in [5.74, 6) is -0.482. The van der Waals surface area contributed by atoms with Crippen molar-refractivity contribution >= 4 is 34.2 Å². The van der Waals surface area contributed by atoms with Crippen LogP contribution in [0.1, 0.15) is 38.3 Å². The smallest absolute Gasteiger partial charge is 0.262 e. The zero-order chi connectivity index (χ0) is 25.7. The van der Waals surface area contributed by atoms with Crippen LogP contribution in [0, 0.1) is 6.92 Å². The fourth-order valence-electron chi connectivity index (χ4n) is 3.78. The van der Waals surface area contributed by atoms with E-state index in [2.05, 4.69) is 20.6 Å². The first-order valence-electron chi connectivity index (χ1n) is 11.5. The highest BCUT2D eigenvalue weighted by Crippen LogP contribution is 2.19. The Kier molecular flexibility index (Phi) is 7.29. The zero-order valence-corrected chi connectivity index (χ0v) is 20.1. The Morgan fingerprint density at radius 1 is 1.06 bits per heavy atom. The number of fused-ring (bicyclic) bond motifs is 1. The molecule has 0 aliphatic carbocycles. The second-order valence-corrected chi connectivity index (χ2v) is 8.39. The maximum Gasteiger partial charge on any atom is 0.262 e. The van der Waals surface area contributed by atoms with E-state index < -0.39 is 11.5 Å². The fraction of sp³-hybridized carbons (Fsp3) is 0.185. The first-order chi connectivity index (χ1) is 17.3. The molecular formula is C27H27N5O4. The highest BCUT2D eigenvalue weighted by atomic mass is 16.5. The van der Waals surface area contributed by atoms with Crippen LogP contribution < -0.4 is 26.7 Å². The molecule has 9 nitrogen and oxygen atoms in total. The molecule has 0 fully saturated rings. The normalized spacial score (nSPS) is 10.7. The SMILES string of the molecule is COc1ccc2cc(C(=O)Nc3cc(C(=O)NCCCc4cccc(N)c4)ccc3C)c(=O)[nH]c2n1. The van der Waals surface area contributed by atoms with Gasteiger partial charge in [0.1, 0.15) is 11.2 Å². The molecule has 4 aromatic rings. The lowest BCUT2D eigenvalue weighted by Gasteiger charge is -2.11. The van der Waals surface area contributed by atoms with Crippen molar-refractivity contribution in [2.24, 2.45) is 0 Å². The molecule has 4 rings (SSSR count). The summed E-state index contributed by atoms with van der Waals surface area (Å²) >= 11 is 0. The Balaban J connectivity index is 1.42. The Hall–Kier alpha value is -4.66. The van der Waals surface area contributed by atoms with Gasteiger partial charge in [-0.05, 0) is 67.3 Å². The molecular weight excluding hydrogens is 458 g/mol. The molecule has 36 heavy (non-hydrogen) atoms. The molecule has 184 valence electrons. The highest BCUT2D eigenvalue weighted by Gasteiger charge is 2.15. The number of pyridine rings is 2. The number of anilines is 2. The van der Waals surface area contributed by atoms with Gasteiger partial charge in [0.05, 0.1) is 7.11 Å². The monoisotopic (exact) mass is 485 g/mol. The number of rotatable bonds is 8. The highest BCUT2D eigenvalue weighted by molar-refractivity contribution is 6.06. The van der Waals surface area contributed by atoms with E-state index in [-0.39, 0.29) is 11.5 Å². The number of aromatic nitrogens is 2. The van der Waals surface area contributed by atoms with Crippen LogP contribution in [0.2, 0.25) is 0 Å². The van der Waals surface area contributed by atoms with Crippen molar-refractivity contribution in [1.29, 1.82) is 0 Å². The molecule has 0 spiro atoms. The number of nitrogens with one attached hydrogen (secondary N) is 3. The topological polar surface area (TPSA) is 139 Å². The number of hydrogen-bond donors (Lipinski definition) is 4. The Morgan fingerprint density at radius 3 is 2.67 bits per heavy atom. The van der Waals surface area contributed by atoms with Gasteiger partial charge in [0.2, 0.25) is 5.88 Å². The summed E-state index contributed by atoms with van der Waals surface area (Å²) in [6, 6.07) is 17.5. The van der Waals surface area contributed by atoms with Crippen LogP contribution in [0.3, 0.4) is 0 Å². The molecule has 9 heteroatoms. The summed E-state index contributed by atoms with van der Waals surface area (Å²) in [6.45, 7) is 2.30. The van der Waals surface area contributed by atoms with Crippen molar-refractivity contribution < 1.29 is 14.3 Å². The van der Waals surface area contributed by atoms with E-state index >= 15 is 0 Å². The number of aromatic amines is 1. The van der Waals surface area contributed by atoms with Crippen LogP contribution in [0.5, 0.6) is 5.88 Å². The Bertz CT molecular complexity index is 1500. The molecule has 0 aliphatic rings. The Labute approximate surface area is 207 Å². The van der Waals surface area contributed by atoms with Gasteiger partial charge in [0.25, 0.3) is 17.4 Å². The Morgan fingerprint density at radius 2 is 1.89 bits per heavy atom. The van der Waals surface area contributed by atoms with E-state index in [1.54, 1.807) is 30.3 Å². The van der Waals surface area contributed by atoms with Gasteiger partial charge in [0.15, 0.2) is 0 Å². The molecule has 0 saturated carbocycles. The van der Waals surface area contributed by atoms with Crippen molar-refractivity contribution in [3.63, 3.8) is 0 Å². The van der Waals surface area contributed by atoms with Crippen molar-refractivity contribution in [3.05, 3.63) is 93.3 Å². The van der Waals surface area contributed by atoms with Gasteiger partial charge in [-0.1, -0.05) is 18.2 Å². The predicted molar refractivity (Wildman–Crippen MR) is 140 cm³/mol. The third-order valence-corrected chi connectivity index (χ3v) is 5.76. The quantitative estimate of drug-likeness (QED) is 0.223. The minimum atomic E-state index is -0.586. The standard InChI is InChI=1S/C27H27N5O4/c1-16-8-9-19(25(33)29-12-4-6-17-5-3-7-20(28)13-17)15-22(16)30-26(34)21-14-18-10-11-23(36-2)31-24(18)32-27(21)35/h3,5,7-11,13-15H,4,6,12,28H2,1-2H3,(H,29,33)(H,30,34)(H,31,32,35). The lowest BCUT2D eigenvalue weighted by atomic mass is 10.1. The molecule has 0 bridgehead atoms. The van der Waals surface area contributed by atoms with E-state index in [4.69, 9.17) is 10.5 Å². The minimum Gasteiger partial charge on any atom is -0.481 e. The van der Waals surface area contributed by atoms with Crippen molar-refractivity contribution in [3.8, 4) is 5.88 Å². The number of H-pyrrole nitrogens is 1. The van der Waals surface area contributed by atoms with E-state index in [0.717, 1.165) is 24.0 Å². The molecule has 5 N–H and O–H groups in total. The summed E-state index contributed by atoms with van der Waals surface area (Å²) in [5, 5.41) is 6.23. The van der Waals surface area contributed by atoms with Gasteiger partial charge in [-0.2, -0.15) is 4.98 Å². The van der Waals surface area contributed by atoms with Gasteiger partial charge < -0.3 is 26.1 Å². The molecule has 0 unspecified atom stereocenters. The van der Waals surface area contributed by atoms with Crippen molar-refractivity contribution in [2.75, 3.05) is 24.7 Å². The van der Waals surface area contributed by atoms with Gasteiger partial charge in [-0.3, -0.25) is 14.4 Å². The number of benzene rings is 2. The third kappa shape index (κ3) is 5.69. The fourth-order valence-corrected chi connectivity index (χ4v) is 3.78. The van der Waals surface area contributed by atoms with E-state index in [0.29, 0.717) is 40.4 Å². The lowest BCUT2D eigenvalue weighted by Crippen LogP contribution is -2.26. The molecule has 0 atom stereocenters. The number of hydrogen-bond acceptors (Lipinski definition) is 6. The number of carbonyl (C=O) groups excluding carboxylic acids is 2. The summed E-state index contributed by atoms with van der Waals surface area (Å²) in [4.78, 5) is 44.9. The molecule has 0 saturated heterocycles. The van der Waals surface area contributed by atoms with Gasteiger partial charge in [-0.25, -0.2) is 0 Å². The number of methoxy groups -OCH3 is 1. The number of nitrogens with zero attached hydrogens (tertiary/aromatic N) is 1. The van der Waals surface area contributed by atoms with Gasteiger partial charge in [-0.15, -0.1) is 0 Å². The third-order valence-electron chi connectivity index (χ3n) is 5.76. The van der Waals surface area contributed by atoms with Crippen LogP contribution in [-0.4, -0.2) is 35.4 Å². The second kappa shape index (κ2) is 10.7. The molecule has 0 radical (unpaired) electrons. The van der Waals surface area contributed by atoms with E-state index in [9.17, 15) is 14.4 Å². The maximum atomic E-state index is 12.9. The molecule has 2 heterocycles. The largest absolute Gasteiger partial charge is 0.481 e. The first kappa shape index (κ1) is 24.5. The van der Waals surface area contributed by atoms with Gasteiger partial charge in [0, 0.05) is 34.9 Å². The minimum absolute atomic E-state index is 0.0646. The summed E-state index contributed by atoms with van der Waals surface area (Å²) in [6.07, 6.45) is 1.55.